The first-order chi connectivity index (χ1) is 17.2. The fourth-order valence-electron chi connectivity index (χ4n) is 5.37. The lowest BCUT2D eigenvalue weighted by atomic mass is 9.86. The second-order valence-electron chi connectivity index (χ2n) is 10.8. The highest BCUT2D eigenvalue weighted by Gasteiger charge is 2.44. The van der Waals surface area contributed by atoms with Gasteiger partial charge in [-0.05, 0) is 93.1 Å². The van der Waals surface area contributed by atoms with Crippen LogP contribution < -0.4 is 15.0 Å². The number of halogens is 3. The second-order valence-corrected chi connectivity index (χ2v) is 10.8. The van der Waals surface area contributed by atoms with Gasteiger partial charge < -0.3 is 19.9 Å². The topological polar surface area (TPSA) is 44.8 Å². The first kappa shape index (κ1) is 24.9. The van der Waals surface area contributed by atoms with E-state index < -0.39 is 12.6 Å². The zero-order chi connectivity index (χ0) is 25.3. The molecule has 0 radical (unpaired) electrons. The van der Waals surface area contributed by atoms with E-state index in [1.165, 1.54) is 12.8 Å². The minimum absolute atomic E-state index is 0.0704. The average Bonchev–Trinajstić information content (AvgIpc) is 3.46. The molecular weight excluding hydrogens is 467 g/mol. The Morgan fingerprint density at radius 1 is 1.08 bits per heavy atom. The molecule has 36 heavy (non-hydrogen) atoms. The summed E-state index contributed by atoms with van der Waals surface area (Å²) in [5.41, 5.74) is 3.49. The van der Waals surface area contributed by atoms with E-state index >= 15 is 0 Å². The van der Waals surface area contributed by atoms with Crippen molar-refractivity contribution in [2.75, 3.05) is 49.5 Å². The number of rotatable bonds is 8. The number of benzene rings is 2. The molecule has 2 aliphatic heterocycles. The van der Waals surface area contributed by atoms with Gasteiger partial charge in [-0.2, -0.15) is 13.2 Å². The number of nitrogens with zero attached hydrogens (tertiary/aromatic N) is 2. The number of likely N-dealkylation sites (tertiary alicyclic amines) is 1. The highest BCUT2D eigenvalue weighted by atomic mass is 19.4. The predicted molar refractivity (Wildman–Crippen MR) is 135 cm³/mol. The van der Waals surface area contributed by atoms with Crippen LogP contribution in [0, 0.1) is 18.3 Å². The minimum Gasteiger partial charge on any atom is -0.493 e. The van der Waals surface area contributed by atoms with Crippen LogP contribution in [-0.2, 0) is 0 Å². The van der Waals surface area contributed by atoms with Crippen molar-refractivity contribution in [3.63, 3.8) is 0 Å². The fourth-order valence-corrected chi connectivity index (χ4v) is 5.37. The van der Waals surface area contributed by atoms with E-state index in [9.17, 15) is 18.0 Å². The first-order valence-corrected chi connectivity index (χ1v) is 12.9. The summed E-state index contributed by atoms with van der Waals surface area (Å²) < 4.78 is 43.6. The number of hydrogen-bond donors (Lipinski definition) is 1. The molecule has 2 aromatic carbocycles. The molecule has 194 valence electrons. The van der Waals surface area contributed by atoms with Crippen molar-refractivity contribution in [2.24, 2.45) is 11.3 Å². The van der Waals surface area contributed by atoms with Gasteiger partial charge >= 0.3 is 6.18 Å². The predicted octanol–water partition coefficient (Wildman–Crippen LogP) is 5.89. The molecule has 2 aromatic rings. The summed E-state index contributed by atoms with van der Waals surface area (Å²) in [4.78, 5) is 17.1. The number of hydrogen-bond acceptors (Lipinski definition) is 4. The third-order valence-electron chi connectivity index (χ3n) is 7.79. The molecule has 1 aliphatic carbocycles. The molecule has 1 spiro atoms. The van der Waals surface area contributed by atoms with Crippen LogP contribution in [0.4, 0.5) is 24.5 Å². The summed E-state index contributed by atoms with van der Waals surface area (Å²) in [6.07, 6.45) is -0.425. The molecular formula is C28H34F3N3O2. The summed E-state index contributed by atoms with van der Waals surface area (Å²) in [6, 6.07) is 13.3. The van der Waals surface area contributed by atoms with Crippen molar-refractivity contribution in [3.8, 4) is 5.75 Å². The Bertz CT molecular complexity index is 1080. The molecule has 3 fully saturated rings. The Morgan fingerprint density at radius 2 is 1.83 bits per heavy atom. The van der Waals surface area contributed by atoms with Crippen molar-refractivity contribution in [3.05, 3.63) is 53.6 Å². The Morgan fingerprint density at radius 3 is 2.53 bits per heavy atom. The summed E-state index contributed by atoms with van der Waals surface area (Å²) in [5, 5.41) is 3.01. The lowest BCUT2D eigenvalue weighted by molar-refractivity contribution is -0.137. The Hall–Kier alpha value is -2.74. The molecule has 5 nitrogen and oxygen atoms in total. The zero-order valence-corrected chi connectivity index (χ0v) is 20.7. The number of amides is 1. The van der Waals surface area contributed by atoms with E-state index in [0.29, 0.717) is 11.5 Å². The summed E-state index contributed by atoms with van der Waals surface area (Å²) in [5.74, 6) is 1.30. The molecule has 2 heterocycles. The normalized spacial score (nSPS) is 22.4. The molecule has 1 amide bonds. The van der Waals surface area contributed by atoms with Crippen LogP contribution in [0.15, 0.2) is 42.5 Å². The number of anilines is 2. The van der Waals surface area contributed by atoms with Crippen LogP contribution in [0.25, 0.3) is 0 Å². The summed E-state index contributed by atoms with van der Waals surface area (Å²) in [6.45, 7) is 6.04. The van der Waals surface area contributed by atoms with Gasteiger partial charge in [0.2, 0.25) is 0 Å². The third kappa shape index (κ3) is 6.14. The van der Waals surface area contributed by atoms with Gasteiger partial charge in [-0.1, -0.05) is 0 Å². The zero-order valence-electron chi connectivity index (χ0n) is 20.7. The Labute approximate surface area is 210 Å². The monoisotopic (exact) mass is 501 g/mol. The molecule has 0 bridgehead atoms. The van der Waals surface area contributed by atoms with Crippen LogP contribution in [0.2, 0.25) is 0 Å². The van der Waals surface area contributed by atoms with E-state index in [1.807, 2.05) is 36.1 Å². The van der Waals surface area contributed by atoms with Crippen molar-refractivity contribution < 1.29 is 22.7 Å². The Kier molecular flexibility index (Phi) is 6.90. The van der Waals surface area contributed by atoms with E-state index in [2.05, 4.69) is 16.3 Å². The largest absolute Gasteiger partial charge is 0.493 e. The smallest absolute Gasteiger partial charge is 0.390 e. The maximum absolute atomic E-state index is 12.8. The van der Waals surface area contributed by atoms with E-state index in [-0.39, 0.29) is 17.9 Å². The summed E-state index contributed by atoms with van der Waals surface area (Å²) >= 11 is 0. The molecule has 5 rings (SSSR count). The number of aryl methyl sites for hydroxylation is 1. The van der Waals surface area contributed by atoms with E-state index in [0.717, 1.165) is 68.3 Å². The molecule has 3 aliphatic rings. The maximum atomic E-state index is 12.8. The van der Waals surface area contributed by atoms with Crippen LogP contribution in [0.1, 0.15) is 48.0 Å². The number of carbonyl (C=O) groups is 1. The lowest BCUT2D eigenvalue weighted by Crippen LogP contribution is -2.32. The first-order valence-electron chi connectivity index (χ1n) is 12.9. The van der Waals surface area contributed by atoms with Gasteiger partial charge in [-0.25, -0.2) is 0 Å². The average molecular weight is 502 g/mol. The van der Waals surface area contributed by atoms with Gasteiger partial charge in [-0.3, -0.25) is 4.79 Å². The van der Waals surface area contributed by atoms with Crippen molar-refractivity contribution >= 4 is 17.3 Å². The molecule has 1 atom stereocenters. The number of alkyl halides is 3. The fraction of sp³-hybridized carbons (Fsp3) is 0.536. The van der Waals surface area contributed by atoms with Crippen molar-refractivity contribution in [1.82, 2.24) is 4.90 Å². The molecule has 1 saturated carbocycles. The highest BCUT2D eigenvalue weighted by molar-refractivity contribution is 6.04. The van der Waals surface area contributed by atoms with Crippen LogP contribution in [0.5, 0.6) is 5.75 Å². The molecule has 1 unspecified atom stereocenters. The van der Waals surface area contributed by atoms with Gasteiger partial charge in [0.25, 0.3) is 5.91 Å². The van der Waals surface area contributed by atoms with Crippen molar-refractivity contribution in [2.45, 2.75) is 45.2 Å². The van der Waals surface area contributed by atoms with Gasteiger partial charge in [0.15, 0.2) is 0 Å². The van der Waals surface area contributed by atoms with Gasteiger partial charge in [0.1, 0.15) is 5.75 Å². The third-order valence-corrected chi connectivity index (χ3v) is 7.79. The van der Waals surface area contributed by atoms with Crippen LogP contribution >= 0.6 is 0 Å². The van der Waals surface area contributed by atoms with Crippen molar-refractivity contribution in [1.29, 1.82) is 0 Å². The number of nitrogens with one attached hydrogen (secondary N) is 1. The Balaban J connectivity index is 1.15. The maximum Gasteiger partial charge on any atom is 0.390 e. The summed E-state index contributed by atoms with van der Waals surface area (Å²) in [7, 11) is 0. The molecule has 8 heteroatoms. The minimum atomic E-state index is -4.10. The standard InChI is InChI=1S/C28H34F3N3O2/c1-20-16-23(34-15-11-27(19-34)10-13-33(18-27)14-12-28(29,30)31)6-9-25(20)32-26(35)22-4-7-24(8-5-22)36-17-21-2-3-21/h4-9,16,21H,2-3,10-15,17-19H2,1H3,(H,32,35). The van der Waals surface area contributed by atoms with E-state index in [4.69, 9.17) is 4.74 Å². The molecule has 2 saturated heterocycles. The number of carbonyl (C=O) groups excluding carboxylic acids is 1. The highest BCUT2D eigenvalue weighted by Crippen LogP contribution is 2.42. The quantitative estimate of drug-likeness (QED) is 0.490. The second kappa shape index (κ2) is 9.96. The molecule has 1 N–H and O–H groups in total. The van der Waals surface area contributed by atoms with Gasteiger partial charge in [0.05, 0.1) is 13.0 Å². The van der Waals surface area contributed by atoms with Gasteiger partial charge in [0, 0.05) is 48.5 Å². The van der Waals surface area contributed by atoms with Crippen LogP contribution in [0.3, 0.4) is 0 Å². The lowest BCUT2D eigenvalue weighted by Gasteiger charge is -2.26. The SMILES string of the molecule is Cc1cc(N2CCC3(CCN(CCC(F)(F)F)C3)C2)ccc1NC(=O)c1ccc(OCC2CC2)cc1. The molecule has 0 aromatic heterocycles. The van der Waals surface area contributed by atoms with Crippen LogP contribution in [-0.4, -0.2) is 56.3 Å². The van der Waals surface area contributed by atoms with Gasteiger partial charge in [-0.15, -0.1) is 0 Å². The number of ether oxygens (including phenoxy) is 1. The van der Waals surface area contributed by atoms with E-state index in [1.54, 1.807) is 12.1 Å².